The van der Waals surface area contributed by atoms with Gasteiger partial charge in [-0.1, -0.05) is 109 Å². The Morgan fingerprint density at radius 2 is 1.51 bits per heavy atom. The highest BCUT2D eigenvalue weighted by Crippen LogP contribution is 2.28. The van der Waals surface area contributed by atoms with Gasteiger partial charge >= 0.3 is 0 Å². The highest BCUT2D eigenvalue weighted by atomic mass is 35.5. The molecule has 1 saturated carbocycles. The van der Waals surface area contributed by atoms with Crippen LogP contribution in [0.3, 0.4) is 0 Å². The molecule has 0 bridgehead atoms. The molecule has 1 aliphatic carbocycles. The smallest absolute Gasteiger partial charge is 0.264 e. The number of nitrogens with zero attached hydrogens (tertiary/aromatic N) is 2. The van der Waals surface area contributed by atoms with Crippen LogP contribution < -0.4 is 9.62 Å². The van der Waals surface area contributed by atoms with Crippen LogP contribution in [-0.4, -0.2) is 43.8 Å². The van der Waals surface area contributed by atoms with E-state index in [9.17, 15) is 18.0 Å². The number of carbonyl (C=O) groups excluding carboxylic acids is 2. The summed E-state index contributed by atoms with van der Waals surface area (Å²) in [4.78, 5) is 30.0. The van der Waals surface area contributed by atoms with Gasteiger partial charge in [-0.05, 0) is 61.2 Å². The first kappa shape index (κ1) is 34.1. The lowest BCUT2D eigenvalue weighted by atomic mass is 9.94. The van der Waals surface area contributed by atoms with E-state index in [0.29, 0.717) is 10.6 Å². The third kappa shape index (κ3) is 8.58. The third-order valence-electron chi connectivity index (χ3n) is 8.53. The molecule has 0 radical (unpaired) electrons. The predicted molar refractivity (Wildman–Crippen MR) is 183 cm³/mol. The van der Waals surface area contributed by atoms with Crippen molar-refractivity contribution in [1.29, 1.82) is 0 Å². The van der Waals surface area contributed by atoms with Gasteiger partial charge in [0.2, 0.25) is 11.8 Å². The molecule has 2 amide bonds. The van der Waals surface area contributed by atoms with Crippen LogP contribution in [0.25, 0.3) is 0 Å². The minimum Gasteiger partial charge on any atom is -0.352 e. The Labute approximate surface area is 281 Å². The minimum absolute atomic E-state index is 0.0244. The molecule has 0 unspecified atom stereocenters. The lowest BCUT2D eigenvalue weighted by Crippen LogP contribution is -2.55. The Hall–Kier alpha value is -4.21. The second-order valence-electron chi connectivity index (χ2n) is 11.9. The highest BCUT2D eigenvalue weighted by molar-refractivity contribution is 7.92. The Kier molecular flexibility index (Phi) is 11.3. The number of sulfonamides is 1. The standard InChI is InChI=1S/C37H39ClFN3O4S/c1-27-20-22-31(23-21-27)47(45,46)42(34-19-11-10-18-33(34)39)26-36(43)41(25-29-14-8-9-17-32(29)38)35(24-28-12-4-2-5-13-28)37(44)40-30-15-6-3-7-16-30/h2,4-5,8-14,17-23,30,35H,3,6-7,15-16,24-26H2,1H3,(H,40,44)/t35-/m0/s1. The van der Waals surface area contributed by atoms with Gasteiger partial charge in [-0.25, -0.2) is 12.8 Å². The lowest BCUT2D eigenvalue weighted by Gasteiger charge is -2.35. The third-order valence-corrected chi connectivity index (χ3v) is 10.7. The molecule has 10 heteroatoms. The number of carbonyl (C=O) groups is 2. The first-order valence-electron chi connectivity index (χ1n) is 15.8. The summed E-state index contributed by atoms with van der Waals surface area (Å²) in [6, 6.07) is 26.9. The topological polar surface area (TPSA) is 86.8 Å². The molecule has 4 aromatic rings. The van der Waals surface area contributed by atoms with Crippen LogP contribution in [-0.2, 0) is 32.6 Å². The van der Waals surface area contributed by atoms with Crippen molar-refractivity contribution in [1.82, 2.24) is 10.2 Å². The maximum Gasteiger partial charge on any atom is 0.264 e. The summed E-state index contributed by atoms with van der Waals surface area (Å²) < 4.78 is 44.3. The summed E-state index contributed by atoms with van der Waals surface area (Å²) in [5, 5.41) is 3.57. The van der Waals surface area contributed by atoms with Gasteiger partial charge in [0.1, 0.15) is 18.4 Å². The SMILES string of the molecule is Cc1ccc(S(=O)(=O)N(CC(=O)N(Cc2ccccc2Cl)[C@@H](Cc2ccccc2)C(=O)NC2CCCCC2)c2ccccc2F)cc1. The first-order valence-corrected chi connectivity index (χ1v) is 17.7. The van der Waals surface area contributed by atoms with Crippen molar-refractivity contribution in [2.75, 3.05) is 10.8 Å². The summed E-state index contributed by atoms with van der Waals surface area (Å²) >= 11 is 6.57. The highest BCUT2D eigenvalue weighted by Gasteiger charge is 2.36. The fraction of sp³-hybridized carbons (Fsp3) is 0.297. The van der Waals surface area contributed by atoms with Gasteiger partial charge in [0.15, 0.2) is 0 Å². The van der Waals surface area contributed by atoms with Crippen LogP contribution >= 0.6 is 11.6 Å². The molecule has 246 valence electrons. The number of rotatable bonds is 12. The number of aryl methyl sites for hydroxylation is 1. The maximum atomic E-state index is 15.3. The van der Waals surface area contributed by atoms with Gasteiger partial charge in [-0.2, -0.15) is 0 Å². The van der Waals surface area contributed by atoms with Crippen molar-refractivity contribution in [2.24, 2.45) is 0 Å². The molecule has 1 N–H and O–H groups in total. The van der Waals surface area contributed by atoms with Crippen molar-refractivity contribution in [3.63, 3.8) is 0 Å². The van der Waals surface area contributed by atoms with Gasteiger partial charge in [-0.15, -0.1) is 0 Å². The lowest BCUT2D eigenvalue weighted by molar-refractivity contribution is -0.140. The molecular weight excluding hydrogens is 637 g/mol. The van der Waals surface area contributed by atoms with Crippen LogP contribution in [0.5, 0.6) is 0 Å². The fourth-order valence-corrected chi connectivity index (χ4v) is 7.53. The normalized spacial score (nSPS) is 14.3. The summed E-state index contributed by atoms with van der Waals surface area (Å²) in [5.74, 6) is -1.81. The number of halogens is 2. The summed E-state index contributed by atoms with van der Waals surface area (Å²) in [5.41, 5.74) is 1.98. The maximum absolute atomic E-state index is 15.3. The number of anilines is 1. The average molecular weight is 676 g/mol. The molecule has 4 aromatic carbocycles. The van der Waals surface area contributed by atoms with Gasteiger partial charge in [0, 0.05) is 24.0 Å². The number of nitrogens with one attached hydrogen (secondary N) is 1. The molecule has 0 aromatic heterocycles. The molecule has 0 aliphatic heterocycles. The van der Waals surface area contributed by atoms with Crippen molar-refractivity contribution < 1.29 is 22.4 Å². The summed E-state index contributed by atoms with van der Waals surface area (Å²) in [7, 11) is -4.41. The molecule has 47 heavy (non-hydrogen) atoms. The average Bonchev–Trinajstić information content (AvgIpc) is 3.07. The zero-order valence-corrected chi connectivity index (χ0v) is 27.9. The number of hydrogen-bond acceptors (Lipinski definition) is 4. The molecule has 1 fully saturated rings. The molecular formula is C37H39ClFN3O4S. The van der Waals surface area contributed by atoms with Gasteiger partial charge in [0.05, 0.1) is 10.6 Å². The molecule has 0 spiro atoms. The van der Waals surface area contributed by atoms with Crippen LogP contribution in [0.15, 0.2) is 108 Å². The van der Waals surface area contributed by atoms with E-state index in [1.165, 1.54) is 35.2 Å². The number of hydrogen-bond donors (Lipinski definition) is 1. The Bertz CT molecular complexity index is 1780. The largest absolute Gasteiger partial charge is 0.352 e. The second kappa shape index (κ2) is 15.6. The van der Waals surface area contributed by atoms with E-state index in [2.05, 4.69) is 5.32 Å². The molecule has 1 aliphatic rings. The zero-order valence-electron chi connectivity index (χ0n) is 26.3. The molecule has 1 atom stereocenters. The van der Waals surface area contributed by atoms with E-state index in [1.54, 1.807) is 36.4 Å². The zero-order chi connectivity index (χ0) is 33.4. The van der Waals surface area contributed by atoms with Crippen molar-refractivity contribution in [2.45, 2.75) is 69.0 Å². The molecule has 5 rings (SSSR count). The first-order chi connectivity index (χ1) is 22.6. The van der Waals surface area contributed by atoms with Gasteiger partial charge in [0.25, 0.3) is 10.0 Å². The summed E-state index contributed by atoms with van der Waals surface area (Å²) in [6.07, 6.45) is 4.99. The van der Waals surface area contributed by atoms with E-state index < -0.39 is 34.3 Å². The number of benzene rings is 4. The number of amides is 2. The Morgan fingerprint density at radius 3 is 2.19 bits per heavy atom. The van der Waals surface area contributed by atoms with E-state index in [4.69, 9.17) is 11.6 Å². The van der Waals surface area contributed by atoms with E-state index >= 15 is 4.39 Å². The van der Waals surface area contributed by atoms with Crippen molar-refractivity contribution in [3.05, 3.63) is 131 Å². The van der Waals surface area contributed by atoms with Crippen LogP contribution in [0.1, 0.15) is 48.8 Å². The monoisotopic (exact) mass is 675 g/mol. The fourth-order valence-electron chi connectivity index (χ4n) is 5.91. The molecule has 7 nitrogen and oxygen atoms in total. The van der Waals surface area contributed by atoms with Gasteiger partial charge in [-0.3, -0.25) is 13.9 Å². The van der Waals surface area contributed by atoms with E-state index in [1.807, 2.05) is 37.3 Å². The summed E-state index contributed by atoms with van der Waals surface area (Å²) in [6.45, 7) is 1.01. The second-order valence-corrected chi connectivity index (χ2v) is 14.2. The van der Waals surface area contributed by atoms with E-state index in [-0.39, 0.29) is 35.5 Å². The minimum atomic E-state index is -4.41. The Morgan fingerprint density at radius 1 is 0.872 bits per heavy atom. The Balaban J connectivity index is 1.58. The molecule has 0 saturated heterocycles. The van der Waals surface area contributed by atoms with E-state index in [0.717, 1.165) is 53.6 Å². The van der Waals surface area contributed by atoms with Crippen LogP contribution in [0.4, 0.5) is 10.1 Å². The van der Waals surface area contributed by atoms with Crippen LogP contribution in [0, 0.1) is 12.7 Å². The molecule has 0 heterocycles. The quantitative estimate of drug-likeness (QED) is 0.174. The van der Waals surface area contributed by atoms with Crippen molar-refractivity contribution in [3.8, 4) is 0 Å². The van der Waals surface area contributed by atoms with Gasteiger partial charge < -0.3 is 10.2 Å². The van der Waals surface area contributed by atoms with Crippen molar-refractivity contribution >= 4 is 39.1 Å². The number of para-hydroxylation sites is 1. The predicted octanol–water partition coefficient (Wildman–Crippen LogP) is 7.07. The van der Waals surface area contributed by atoms with Crippen LogP contribution in [0.2, 0.25) is 5.02 Å².